The van der Waals surface area contributed by atoms with E-state index in [9.17, 15) is 13.2 Å². The summed E-state index contributed by atoms with van der Waals surface area (Å²) in [4.78, 5) is 11.8. The fourth-order valence-electron chi connectivity index (χ4n) is 1.96. The molecular formula is C13H20N2O5S. The van der Waals surface area contributed by atoms with Gasteiger partial charge in [-0.05, 0) is 19.1 Å². The number of rotatable bonds is 6. The van der Waals surface area contributed by atoms with Crippen LogP contribution in [0.25, 0.3) is 0 Å². The maximum Gasteiger partial charge on any atom is 0.243 e. The number of benzene rings is 1. The minimum absolute atomic E-state index is 0.246. The predicted molar refractivity (Wildman–Crippen MR) is 80.4 cm³/mol. The minimum Gasteiger partial charge on any atom is -0.497 e. The van der Waals surface area contributed by atoms with Crippen LogP contribution in [0.15, 0.2) is 18.2 Å². The van der Waals surface area contributed by atoms with E-state index in [1.54, 1.807) is 12.1 Å². The van der Waals surface area contributed by atoms with Gasteiger partial charge in [-0.25, -0.2) is 8.42 Å². The molecule has 118 valence electrons. The van der Waals surface area contributed by atoms with Crippen molar-refractivity contribution in [2.75, 3.05) is 31.8 Å². The Morgan fingerprint density at radius 3 is 2.33 bits per heavy atom. The molecule has 0 aromatic heterocycles. The molecule has 1 atom stereocenters. The van der Waals surface area contributed by atoms with Crippen LogP contribution in [0, 0.1) is 0 Å². The van der Waals surface area contributed by atoms with Gasteiger partial charge in [-0.15, -0.1) is 0 Å². The SMILES string of the molecule is CNC(=O)[C@H](C)N(c1cc(OC)ccc1OC)S(C)(=O)=O. The van der Waals surface area contributed by atoms with Crippen molar-refractivity contribution >= 4 is 21.6 Å². The number of likely N-dealkylation sites (N-methyl/N-ethyl adjacent to an activating group) is 1. The molecule has 0 unspecified atom stereocenters. The summed E-state index contributed by atoms with van der Waals surface area (Å²) in [5.41, 5.74) is 0.246. The third-order valence-electron chi connectivity index (χ3n) is 2.96. The third-order valence-corrected chi connectivity index (χ3v) is 4.19. The number of nitrogens with zero attached hydrogens (tertiary/aromatic N) is 1. The number of hydrogen-bond donors (Lipinski definition) is 1. The van der Waals surface area contributed by atoms with E-state index in [-0.39, 0.29) is 5.69 Å². The number of anilines is 1. The van der Waals surface area contributed by atoms with Crippen molar-refractivity contribution in [2.24, 2.45) is 0 Å². The molecule has 1 aromatic rings. The molecule has 0 aliphatic rings. The molecule has 1 rings (SSSR count). The first kappa shape index (κ1) is 17.1. The Balaban J connectivity index is 3.49. The molecule has 0 radical (unpaired) electrons. The van der Waals surface area contributed by atoms with Crippen LogP contribution >= 0.6 is 0 Å². The van der Waals surface area contributed by atoms with Gasteiger partial charge in [0.2, 0.25) is 15.9 Å². The second-order valence-electron chi connectivity index (χ2n) is 4.39. The lowest BCUT2D eigenvalue weighted by Gasteiger charge is -2.29. The van der Waals surface area contributed by atoms with Crippen LogP contribution in [0.4, 0.5) is 5.69 Å². The summed E-state index contributed by atoms with van der Waals surface area (Å²) in [6.07, 6.45) is 1.03. The van der Waals surface area contributed by atoms with Gasteiger partial charge in [0.15, 0.2) is 0 Å². The quantitative estimate of drug-likeness (QED) is 0.831. The van der Waals surface area contributed by atoms with Crippen molar-refractivity contribution in [3.05, 3.63) is 18.2 Å². The zero-order valence-corrected chi connectivity index (χ0v) is 13.5. The molecule has 7 nitrogen and oxygen atoms in total. The summed E-state index contributed by atoms with van der Waals surface area (Å²) in [6.45, 7) is 1.50. The average molecular weight is 316 g/mol. The largest absolute Gasteiger partial charge is 0.497 e. The normalized spacial score (nSPS) is 12.4. The average Bonchev–Trinajstić information content (AvgIpc) is 2.44. The summed E-state index contributed by atoms with van der Waals surface area (Å²) in [6, 6.07) is 3.82. The third kappa shape index (κ3) is 3.78. The molecule has 1 amide bonds. The summed E-state index contributed by atoms with van der Waals surface area (Å²) in [5, 5.41) is 2.44. The standard InChI is InChI=1S/C13H20N2O5S/c1-9(13(16)14-2)15(21(5,17)18)11-8-10(19-3)6-7-12(11)20-4/h6-9H,1-5H3,(H,14,16)/t9-/m0/s1. The van der Waals surface area contributed by atoms with Gasteiger partial charge in [0.25, 0.3) is 0 Å². The number of nitrogens with one attached hydrogen (secondary N) is 1. The molecule has 1 N–H and O–H groups in total. The Hall–Kier alpha value is -1.96. The first-order chi connectivity index (χ1) is 9.76. The zero-order chi connectivity index (χ0) is 16.2. The van der Waals surface area contributed by atoms with Crippen molar-refractivity contribution < 1.29 is 22.7 Å². The molecule has 1 aromatic carbocycles. The van der Waals surface area contributed by atoms with Gasteiger partial charge in [-0.1, -0.05) is 0 Å². The summed E-state index contributed by atoms with van der Waals surface area (Å²) >= 11 is 0. The highest BCUT2D eigenvalue weighted by Crippen LogP contribution is 2.35. The summed E-state index contributed by atoms with van der Waals surface area (Å²) in [5.74, 6) is 0.367. The molecule has 0 spiro atoms. The van der Waals surface area contributed by atoms with Crippen LogP contribution in [-0.2, 0) is 14.8 Å². The van der Waals surface area contributed by atoms with Crippen LogP contribution < -0.4 is 19.1 Å². The lowest BCUT2D eigenvalue weighted by molar-refractivity contribution is -0.121. The molecular weight excluding hydrogens is 296 g/mol. The zero-order valence-electron chi connectivity index (χ0n) is 12.7. The lowest BCUT2D eigenvalue weighted by atomic mass is 10.2. The van der Waals surface area contributed by atoms with Crippen LogP contribution in [0.5, 0.6) is 11.5 Å². The number of sulfonamides is 1. The topological polar surface area (TPSA) is 84.9 Å². The molecule has 0 saturated heterocycles. The van der Waals surface area contributed by atoms with E-state index in [0.29, 0.717) is 11.5 Å². The maximum absolute atomic E-state index is 12.1. The van der Waals surface area contributed by atoms with Crippen molar-refractivity contribution in [2.45, 2.75) is 13.0 Å². The van der Waals surface area contributed by atoms with E-state index in [2.05, 4.69) is 5.32 Å². The fraction of sp³-hybridized carbons (Fsp3) is 0.462. The van der Waals surface area contributed by atoms with E-state index in [0.717, 1.165) is 10.6 Å². The first-order valence-corrected chi connectivity index (χ1v) is 8.04. The van der Waals surface area contributed by atoms with Crippen LogP contribution in [0.3, 0.4) is 0 Å². The van der Waals surface area contributed by atoms with Gasteiger partial charge in [0, 0.05) is 13.1 Å². The Morgan fingerprint density at radius 1 is 1.29 bits per heavy atom. The second-order valence-corrected chi connectivity index (χ2v) is 6.25. The number of amides is 1. The Morgan fingerprint density at radius 2 is 1.90 bits per heavy atom. The van der Waals surface area contributed by atoms with E-state index < -0.39 is 22.0 Å². The Kier molecular flexibility index (Phi) is 5.42. The molecule has 0 heterocycles. The molecule has 0 aliphatic carbocycles. The van der Waals surface area contributed by atoms with Gasteiger partial charge in [-0.2, -0.15) is 0 Å². The Bertz CT molecular complexity index is 615. The predicted octanol–water partition coefficient (Wildman–Crippen LogP) is 0.604. The van der Waals surface area contributed by atoms with E-state index in [4.69, 9.17) is 9.47 Å². The number of ether oxygens (including phenoxy) is 2. The van der Waals surface area contributed by atoms with E-state index >= 15 is 0 Å². The van der Waals surface area contributed by atoms with Gasteiger partial charge in [-0.3, -0.25) is 9.10 Å². The monoisotopic (exact) mass is 316 g/mol. The van der Waals surface area contributed by atoms with E-state index in [1.165, 1.54) is 34.3 Å². The highest BCUT2D eigenvalue weighted by atomic mass is 32.2. The summed E-state index contributed by atoms with van der Waals surface area (Å²) < 4.78 is 35.5. The van der Waals surface area contributed by atoms with Crippen LogP contribution in [0.1, 0.15) is 6.92 Å². The van der Waals surface area contributed by atoms with Crippen molar-refractivity contribution in [1.82, 2.24) is 5.32 Å². The molecule has 0 fully saturated rings. The van der Waals surface area contributed by atoms with Gasteiger partial charge in [0.1, 0.15) is 17.5 Å². The van der Waals surface area contributed by atoms with Crippen molar-refractivity contribution in [3.8, 4) is 11.5 Å². The highest BCUT2D eigenvalue weighted by Gasteiger charge is 2.31. The number of carbonyl (C=O) groups is 1. The van der Waals surface area contributed by atoms with Gasteiger partial charge in [0.05, 0.1) is 26.2 Å². The van der Waals surface area contributed by atoms with Gasteiger partial charge >= 0.3 is 0 Å². The molecule has 8 heteroatoms. The number of hydrogen-bond acceptors (Lipinski definition) is 5. The van der Waals surface area contributed by atoms with Gasteiger partial charge < -0.3 is 14.8 Å². The Labute approximate surface area is 124 Å². The number of carbonyl (C=O) groups excluding carboxylic acids is 1. The van der Waals surface area contributed by atoms with Crippen LogP contribution in [0.2, 0.25) is 0 Å². The smallest absolute Gasteiger partial charge is 0.243 e. The minimum atomic E-state index is -3.69. The fourth-order valence-corrected chi connectivity index (χ4v) is 3.13. The van der Waals surface area contributed by atoms with Crippen LogP contribution in [-0.4, -0.2) is 47.9 Å². The second kappa shape index (κ2) is 6.66. The maximum atomic E-state index is 12.1. The molecule has 0 saturated carbocycles. The van der Waals surface area contributed by atoms with Crippen molar-refractivity contribution in [1.29, 1.82) is 0 Å². The van der Waals surface area contributed by atoms with E-state index in [1.807, 2.05) is 0 Å². The summed E-state index contributed by atoms with van der Waals surface area (Å²) in [7, 11) is 0.651. The molecule has 0 bridgehead atoms. The number of methoxy groups -OCH3 is 2. The highest BCUT2D eigenvalue weighted by molar-refractivity contribution is 7.92. The molecule has 21 heavy (non-hydrogen) atoms. The lowest BCUT2D eigenvalue weighted by Crippen LogP contribution is -2.47. The molecule has 0 aliphatic heterocycles. The first-order valence-electron chi connectivity index (χ1n) is 6.19. The van der Waals surface area contributed by atoms with Crippen molar-refractivity contribution in [3.63, 3.8) is 0 Å².